The van der Waals surface area contributed by atoms with Gasteiger partial charge in [0.25, 0.3) is 0 Å². The number of aryl methyl sites for hydroxylation is 3. The van der Waals surface area contributed by atoms with Crippen molar-refractivity contribution in [3.05, 3.63) is 82.7 Å². The van der Waals surface area contributed by atoms with Gasteiger partial charge in [-0.15, -0.1) is 0 Å². The van der Waals surface area contributed by atoms with Crippen LogP contribution in [0.1, 0.15) is 40.4 Å². The summed E-state index contributed by atoms with van der Waals surface area (Å²) in [6.07, 6.45) is 3.30. The van der Waals surface area contributed by atoms with Crippen LogP contribution in [0.15, 0.2) is 54.7 Å². The van der Waals surface area contributed by atoms with Crippen LogP contribution in [0.2, 0.25) is 0 Å². The second-order valence-electron chi connectivity index (χ2n) is 7.72. The van der Waals surface area contributed by atoms with Gasteiger partial charge >= 0.3 is 0 Å². The summed E-state index contributed by atoms with van der Waals surface area (Å²) >= 11 is 0. The number of benzene rings is 2. The Balaban J connectivity index is 1.77. The zero-order valence-electron chi connectivity index (χ0n) is 16.9. The lowest BCUT2D eigenvalue weighted by molar-refractivity contribution is 0.219. The second kappa shape index (κ2) is 7.72. The first kappa shape index (κ1) is 18.6. The van der Waals surface area contributed by atoms with Crippen molar-refractivity contribution in [2.24, 2.45) is 0 Å². The maximum atomic E-state index is 9.94. The monoisotopic (exact) mass is 376 g/mol. The van der Waals surface area contributed by atoms with E-state index in [0.717, 1.165) is 31.6 Å². The van der Waals surface area contributed by atoms with E-state index in [4.69, 9.17) is 4.74 Å². The number of phenolic OH excluding ortho intramolecular Hbond substituents is 1. The van der Waals surface area contributed by atoms with E-state index in [-0.39, 0.29) is 11.8 Å². The molecule has 0 saturated heterocycles. The van der Waals surface area contributed by atoms with Crippen LogP contribution in [0.3, 0.4) is 0 Å². The smallest absolute Gasteiger partial charge is 0.160 e. The average Bonchev–Trinajstić information content (AvgIpc) is 3.07. The van der Waals surface area contributed by atoms with Gasteiger partial charge in [0.1, 0.15) is 0 Å². The van der Waals surface area contributed by atoms with E-state index < -0.39 is 0 Å². The van der Waals surface area contributed by atoms with Crippen molar-refractivity contribution >= 4 is 0 Å². The molecule has 1 aliphatic rings. The number of aromatic nitrogens is 1. The number of phenols is 1. The van der Waals surface area contributed by atoms with Crippen molar-refractivity contribution in [3.8, 4) is 11.5 Å². The summed E-state index contributed by atoms with van der Waals surface area (Å²) in [5, 5.41) is 9.94. The average molecular weight is 377 g/mol. The molecule has 28 heavy (non-hydrogen) atoms. The Morgan fingerprint density at radius 2 is 1.93 bits per heavy atom. The zero-order chi connectivity index (χ0) is 19.7. The number of rotatable bonds is 4. The molecule has 0 amide bonds. The molecule has 1 N–H and O–H groups in total. The summed E-state index contributed by atoms with van der Waals surface area (Å²) in [5.74, 6) is 0.709. The van der Waals surface area contributed by atoms with Crippen LogP contribution in [0.5, 0.6) is 11.5 Å². The van der Waals surface area contributed by atoms with Crippen LogP contribution < -0.4 is 4.74 Å². The molecule has 2 heterocycles. The molecule has 2 aromatic carbocycles. The Hall–Kier alpha value is -2.72. The molecular formula is C24H28N2O2. The van der Waals surface area contributed by atoms with Gasteiger partial charge in [-0.05, 0) is 61.2 Å². The molecule has 4 nitrogen and oxygen atoms in total. The van der Waals surface area contributed by atoms with Gasteiger partial charge in [0.05, 0.1) is 13.2 Å². The van der Waals surface area contributed by atoms with Gasteiger partial charge in [0, 0.05) is 31.5 Å². The van der Waals surface area contributed by atoms with Gasteiger partial charge in [-0.25, -0.2) is 0 Å². The Morgan fingerprint density at radius 3 is 2.75 bits per heavy atom. The minimum absolute atomic E-state index is 0.182. The largest absolute Gasteiger partial charge is 0.504 e. The maximum absolute atomic E-state index is 9.94. The van der Waals surface area contributed by atoms with Gasteiger partial charge in [-0.1, -0.05) is 29.8 Å². The van der Waals surface area contributed by atoms with Crippen LogP contribution in [0.4, 0.5) is 0 Å². The normalized spacial score (nSPS) is 17.2. The van der Waals surface area contributed by atoms with E-state index in [0.29, 0.717) is 5.75 Å². The highest BCUT2D eigenvalue weighted by Gasteiger charge is 2.28. The van der Waals surface area contributed by atoms with E-state index in [2.05, 4.69) is 59.8 Å². The van der Waals surface area contributed by atoms with Crippen LogP contribution in [0, 0.1) is 13.8 Å². The highest BCUT2D eigenvalue weighted by Crippen LogP contribution is 2.36. The molecule has 1 aliphatic heterocycles. The lowest BCUT2D eigenvalue weighted by atomic mass is 9.95. The number of hydrogen-bond donors (Lipinski definition) is 1. The van der Waals surface area contributed by atoms with Crippen molar-refractivity contribution in [2.75, 3.05) is 13.7 Å². The molecule has 0 aliphatic carbocycles. The van der Waals surface area contributed by atoms with Gasteiger partial charge in [-0.3, -0.25) is 4.90 Å². The van der Waals surface area contributed by atoms with Crippen LogP contribution >= 0.6 is 0 Å². The number of hydrogen-bond acceptors (Lipinski definition) is 3. The van der Waals surface area contributed by atoms with Crippen molar-refractivity contribution in [1.29, 1.82) is 0 Å². The molecular weight excluding hydrogens is 348 g/mol. The Morgan fingerprint density at radius 1 is 1.07 bits per heavy atom. The van der Waals surface area contributed by atoms with Crippen LogP contribution in [-0.4, -0.2) is 28.2 Å². The first-order chi connectivity index (χ1) is 13.6. The molecule has 146 valence electrons. The SMILES string of the molecule is COc1cc(CN2CCCn3cccc3C2c2cc(C)ccc2C)ccc1O. The van der Waals surface area contributed by atoms with E-state index in [1.54, 1.807) is 13.2 Å². The van der Waals surface area contributed by atoms with Crippen molar-refractivity contribution in [2.45, 2.75) is 39.4 Å². The van der Waals surface area contributed by atoms with Gasteiger partial charge < -0.3 is 14.4 Å². The molecule has 0 spiro atoms. The minimum Gasteiger partial charge on any atom is -0.504 e. The summed E-state index contributed by atoms with van der Waals surface area (Å²) in [4.78, 5) is 2.55. The predicted octanol–water partition coefficient (Wildman–Crippen LogP) is 4.81. The summed E-state index contributed by atoms with van der Waals surface area (Å²) in [6.45, 7) is 7.23. The summed E-state index contributed by atoms with van der Waals surface area (Å²) in [6, 6.07) is 17.0. The van der Waals surface area contributed by atoms with Gasteiger partial charge in [0.15, 0.2) is 11.5 Å². The predicted molar refractivity (Wildman–Crippen MR) is 112 cm³/mol. The first-order valence-corrected chi connectivity index (χ1v) is 9.89. The lowest BCUT2D eigenvalue weighted by Gasteiger charge is -2.32. The van der Waals surface area contributed by atoms with E-state index in [1.807, 2.05) is 12.1 Å². The van der Waals surface area contributed by atoms with Crippen LogP contribution in [0.25, 0.3) is 0 Å². The molecule has 0 radical (unpaired) electrons. The number of fused-ring (bicyclic) bond motifs is 1. The van der Waals surface area contributed by atoms with Crippen molar-refractivity contribution < 1.29 is 9.84 Å². The Bertz CT molecular complexity index is 976. The summed E-state index contributed by atoms with van der Waals surface area (Å²) in [7, 11) is 1.59. The van der Waals surface area contributed by atoms with Gasteiger partial charge in [0.2, 0.25) is 0 Å². The molecule has 4 rings (SSSR count). The zero-order valence-corrected chi connectivity index (χ0v) is 16.9. The molecule has 0 bridgehead atoms. The number of nitrogens with zero attached hydrogens (tertiary/aromatic N) is 2. The third-order valence-electron chi connectivity index (χ3n) is 5.71. The number of ether oxygens (including phenoxy) is 1. The lowest BCUT2D eigenvalue weighted by Crippen LogP contribution is -2.30. The van der Waals surface area contributed by atoms with Crippen LogP contribution in [-0.2, 0) is 13.1 Å². The van der Waals surface area contributed by atoms with E-state index >= 15 is 0 Å². The molecule has 0 fully saturated rings. The Kier molecular flexibility index (Phi) is 5.14. The highest BCUT2D eigenvalue weighted by atomic mass is 16.5. The Labute approximate surface area is 167 Å². The third-order valence-corrected chi connectivity index (χ3v) is 5.71. The fourth-order valence-electron chi connectivity index (χ4n) is 4.28. The standard InChI is InChI=1S/C24H28N2O2/c1-17-7-8-18(2)20(14-17)24-21-6-4-11-25(21)12-5-13-26(24)16-19-9-10-22(27)23(15-19)28-3/h4,6-11,14-15,24,27H,5,12-13,16H2,1-3H3. The third kappa shape index (κ3) is 3.52. The fraction of sp³-hybridized carbons (Fsp3) is 0.333. The molecule has 0 saturated carbocycles. The topological polar surface area (TPSA) is 37.6 Å². The summed E-state index contributed by atoms with van der Waals surface area (Å²) in [5.41, 5.74) is 6.46. The minimum atomic E-state index is 0.182. The first-order valence-electron chi connectivity index (χ1n) is 9.89. The van der Waals surface area contributed by atoms with E-state index in [9.17, 15) is 5.11 Å². The van der Waals surface area contributed by atoms with Crippen molar-refractivity contribution in [1.82, 2.24) is 9.47 Å². The van der Waals surface area contributed by atoms with Crippen molar-refractivity contribution in [3.63, 3.8) is 0 Å². The quantitative estimate of drug-likeness (QED) is 0.710. The summed E-state index contributed by atoms with van der Waals surface area (Å²) < 4.78 is 7.71. The molecule has 1 atom stereocenters. The second-order valence-corrected chi connectivity index (χ2v) is 7.72. The highest BCUT2D eigenvalue weighted by molar-refractivity contribution is 5.42. The maximum Gasteiger partial charge on any atom is 0.160 e. The molecule has 3 aromatic rings. The molecule has 4 heteroatoms. The number of aromatic hydroxyl groups is 1. The number of methoxy groups -OCH3 is 1. The fourth-order valence-corrected chi connectivity index (χ4v) is 4.28. The molecule has 1 unspecified atom stereocenters. The van der Waals surface area contributed by atoms with Gasteiger partial charge in [-0.2, -0.15) is 0 Å². The molecule has 1 aromatic heterocycles. The van der Waals surface area contributed by atoms with E-state index in [1.165, 1.54) is 22.4 Å².